The van der Waals surface area contributed by atoms with E-state index in [2.05, 4.69) is 11.0 Å². The first kappa shape index (κ1) is 16.1. The molecular formula is C18H25NO5. The summed E-state index contributed by atoms with van der Waals surface area (Å²) in [5, 5.41) is 0. The lowest BCUT2D eigenvalue weighted by Crippen LogP contribution is -2.45. The van der Waals surface area contributed by atoms with Gasteiger partial charge in [0.15, 0.2) is 5.60 Å². The molecule has 4 aliphatic heterocycles. The van der Waals surface area contributed by atoms with Crippen molar-refractivity contribution in [3.05, 3.63) is 11.6 Å². The summed E-state index contributed by atoms with van der Waals surface area (Å²) < 4.78 is 17.5. The summed E-state index contributed by atoms with van der Waals surface area (Å²) in [4.78, 5) is 27.5. The quantitative estimate of drug-likeness (QED) is 0.493. The molecule has 5 atom stereocenters. The highest BCUT2D eigenvalue weighted by molar-refractivity contribution is 5.80. The van der Waals surface area contributed by atoms with Crippen LogP contribution in [0.25, 0.3) is 0 Å². The summed E-state index contributed by atoms with van der Waals surface area (Å²) in [6.45, 7) is 7.61. The Kier molecular flexibility index (Phi) is 3.55. The van der Waals surface area contributed by atoms with E-state index >= 15 is 0 Å². The number of esters is 2. The Morgan fingerprint density at radius 2 is 2.08 bits per heavy atom. The summed E-state index contributed by atoms with van der Waals surface area (Å²) in [7, 11) is 0. The minimum absolute atomic E-state index is 0.0166. The maximum atomic E-state index is 12.7. The Morgan fingerprint density at radius 3 is 2.88 bits per heavy atom. The molecule has 0 aromatic heterocycles. The lowest BCUT2D eigenvalue weighted by atomic mass is 9.86. The minimum atomic E-state index is -1.01. The van der Waals surface area contributed by atoms with Gasteiger partial charge in [-0.15, -0.1) is 0 Å². The summed E-state index contributed by atoms with van der Waals surface area (Å²) in [6.07, 6.45) is 3.57. The van der Waals surface area contributed by atoms with E-state index in [4.69, 9.17) is 14.2 Å². The Balaban J connectivity index is 1.65. The van der Waals surface area contributed by atoms with Crippen molar-refractivity contribution in [1.82, 2.24) is 4.90 Å². The van der Waals surface area contributed by atoms with Crippen LogP contribution >= 0.6 is 0 Å². The lowest BCUT2D eigenvalue weighted by molar-refractivity contribution is -0.184. The summed E-state index contributed by atoms with van der Waals surface area (Å²) >= 11 is 0. The van der Waals surface area contributed by atoms with Crippen LogP contribution in [0.5, 0.6) is 0 Å². The topological polar surface area (TPSA) is 65.1 Å². The molecule has 4 rings (SSSR count). The molecule has 0 radical (unpaired) electrons. The van der Waals surface area contributed by atoms with Crippen LogP contribution in [-0.2, 0) is 23.8 Å². The Morgan fingerprint density at radius 1 is 1.29 bits per heavy atom. The van der Waals surface area contributed by atoms with Gasteiger partial charge in [-0.1, -0.05) is 13.0 Å². The second-order valence-electron chi connectivity index (χ2n) is 8.05. The third kappa shape index (κ3) is 2.39. The molecule has 0 unspecified atom stereocenters. The van der Waals surface area contributed by atoms with Crippen molar-refractivity contribution >= 4 is 11.9 Å². The first-order valence-corrected chi connectivity index (χ1v) is 8.81. The summed E-state index contributed by atoms with van der Waals surface area (Å²) in [5.74, 6) is -0.584. The van der Waals surface area contributed by atoms with Crippen molar-refractivity contribution in [2.75, 3.05) is 19.7 Å². The van der Waals surface area contributed by atoms with Gasteiger partial charge in [-0.25, -0.2) is 4.79 Å². The predicted octanol–water partition coefficient (Wildman–Crippen LogP) is 1.43. The number of hydrogen-bond acceptors (Lipinski definition) is 6. The molecule has 0 aliphatic carbocycles. The average Bonchev–Trinajstić information content (AvgIpc) is 3.11. The lowest BCUT2D eigenvalue weighted by Gasteiger charge is -2.32. The summed E-state index contributed by atoms with van der Waals surface area (Å²) in [5.41, 5.74) is -0.658. The predicted molar refractivity (Wildman–Crippen MR) is 85.2 cm³/mol. The van der Waals surface area contributed by atoms with Gasteiger partial charge >= 0.3 is 11.9 Å². The number of nitrogens with zero attached hydrogens (tertiary/aromatic N) is 1. The van der Waals surface area contributed by atoms with Gasteiger partial charge in [0.25, 0.3) is 0 Å². The van der Waals surface area contributed by atoms with Gasteiger partial charge in [-0.3, -0.25) is 9.69 Å². The SMILES string of the molecule is C[C@H]1C[C@]2(C)CC(=O)O[C@H]3CCN4CC=C(COC(=O)[C@@]1(C)O2)[C@@H]34. The molecule has 0 N–H and O–H groups in total. The second-order valence-corrected chi connectivity index (χ2v) is 8.05. The Bertz CT molecular complexity index is 617. The molecule has 3 fully saturated rings. The first-order valence-electron chi connectivity index (χ1n) is 8.81. The van der Waals surface area contributed by atoms with Crippen molar-refractivity contribution in [3.8, 4) is 0 Å². The van der Waals surface area contributed by atoms with E-state index in [9.17, 15) is 9.59 Å². The number of carbonyl (C=O) groups is 2. The minimum Gasteiger partial charge on any atom is -0.460 e. The fourth-order valence-electron chi connectivity index (χ4n) is 4.78. The van der Waals surface area contributed by atoms with E-state index < -0.39 is 11.2 Å². The van der Waals surface area contributed by atoms with E-state index in [-0.39, 0.29) is 43.0 Å². The van der Waals surface area contributed by atoms with Crippen LogP contribution in [0, 0.1) is 5.92 Å². The van der Waals surface area contributed by atoms with E-state index in [0.717, 1.165) is 25.1 Å². The molecule has 0 amide bonds. The van der Waals surface area contributed by atoms with Crippen molar-refractivity contribution in [2.24, 2.45) is 5.92 Å². The van der Waals surface area contributed by atoms with E-state index in [1.165, 1.54) is 0 Å². The van der Waals surface area contributed by atoms with Crippen LogP contribution in [0.4, 0.5) is 0 Å². The van der Waals surface area contributed by atoms with Crippen molar-refractivity contribution in [2.45, 2.75) is 63.4 Å². The number of hydrogen-bond donors (Lipinski definition) is 0. The van der Waals surface area contributed by atoms with Gasteiger partial charge < -0.3 is 14.2 Å². The van der Waals surface area contributed by atoms with Crippen LogP contribution in [0.15, 0.2) is 11.6 Å². The molecule has 3 saturated heterocycles. The maximum Gasteiger partial charge on any atom is 0.338 e. The first-order chi connectivity index (χ1) is 11.3. The number of fused-ring (bicyclic) bond motifs is 2. The fourth-order valence-corrected chi connectivity index (χ4v) is 4.78. The Hall–Kier alpha value is -1.40. The van der Waals surface area contributed by atoms with Gasteiger partial charge in [0.05, 0.1) is 18.1 Å². The van der Waals surface area contributed by atoms with Crippen LogP contribution in [-0.4, -0.2) is 59.9 Å². The second kappa shape index (κ2) is 5.30. The van der Waals surface area contributed by atoms with Crippen LogP contribution in [0.2, 0.25) is 0 Å². The number of rotatable bonds is 0. The molecule has 6 heteroatoms. The van der Waals surface area contributed by atoms with Gasteiger partial charge in [-0.2, -0.15) is 0 Å². The molecule has 4 heterocycles. The molecule has 0 aromatic carbocycles. The molecule has 4 aliphatic rings. The van der Waals surface area contributed by atoms with E-state index in [1.54, 1.807) is 6.92 Å². The van der Waals surface area contributed by atoms with Crippen molar-refractivity contribution in [3.63, 3.8) is 0 Å². The van der Waals surface area contributed by atoms with Crippen LogP contribution in [0.3, 0.4) is 0 Å². The van der Waals surface area contributed by atoms with E-state index in [1.807, 2.05) is 13.8 Å². The standard InChI is InChI=1S/C18H25NO5/c1-11-8-17(2)9-14(20)23-13-5-7-19-6-4-12(15(13)19)10-22-16(21)18(11,3)24-17/h4,11,13,15H,5-10H2,1-3H3/t11-,13-,15-,17+,18-/m0/s1. The smallest absolute Gasteiger partial charge is 0.338 e. The monoisotopic (exact) mass is 335 g/mol. The zero-order valence-corrected chi connectivity index (χ0v) is 14.5. The maximum absolute atomic E-state index is 12.7. The zero-order valence-electron chi connectivity index (χ0n) is 14.5. The molecule has 0 aromatic rings. The third-order valence-electron chi connectivity index (χ3n) is 6.13. The van der Waals surface area contributed by atoms with Crippen molar-refractivity contribution in [1.29, 1.82) is 0 Å². The summed E-state index contributed by atoms with van der Waals surface area (Å²) in [6, 6.07) is 0.0535. The molecular weight excluding hydrogens is 310 g/mol. The Labute approximate surface area is 142 Å². The van der Waals surface area contributed by atoms with Gasteiger partial charge in [-0.05, 0) is 38.2 Å². The van der Waals surface area contributed by atoms with Crippen LogP contribution < -0.4 is 0 Å². The van der Waals surface area contributed by atoms with E-state index in [0.29, 0.717) is 6.42 Å². The largest absolute Gasteiger partial charge is 0.460 e. The molecule has 132 valence electrons. The van der Waals surface area contributed by atoms with Gasteiger partial charge in [0.2, 0.25) is 0 Å². The van der Waals surface area contributed by atoms with Gasteiger partial charge in [0.1, 0.15) is 12.7 Å². The number of carbonyl (C=O) groups excluding carboxylic acids is 2. The van der Waals surface area contributed by atoms with Crippen LogP contribution in [0.1, 0.15) is 40.0 Å². The highest BCUT2D eigenvalue weighted by Gasteiger charge is 2.56. The molecule has 2 bridgehead atoms. The number of cyclic esters (lactones) is 1. The zero-order chi connectivity index (χ0) is 17.1. The molecule has 6 nitrogen and oxygen atoms in total. The highest BCUT2D eigenvalue weighted by Crippen LogP contribution is 2.45. The van der Waals surface area contributed by atoms with Crippen molar-refractivity contribution < 1.29 is 23.8 Å². The molecule has 0 spiro atoms. The number of ether oxygens (including phenoxy) is 3. The molecule has 24 heavy (non-hydrogen) atoms. The average molecular weight is 335 g/mol. The molecule has 0 saturated carbocycles. The van der Waals surface area contributed by atoms with Gasteiger partial charge in [0, 0.05) is 13.1 Å². The third-order valence-corrected chi connectivity index (χ3v) is 6.13. The fraction of sp³-hybridized carbons (Fsp3) is 0.778. The normalized spacial score (nSPS) is 45.8. The highest BCUT2D eigenvalue weighted by atomic mass is 16.6.